The van der Waals surface area contributed by atoms with Crippen LogP contribution >= 0.6 is 0 Å². The van der Waals surface area contributed by atoms with E-state index in [0.29, 0.717) is 24.0 Å². The minimum absolute atomic E-state index is 0.0434. The van der Waals surface area contributed by atoms with Crippen LogP contribution < -0.4 is 10.7 Å². The van der Waals surface area contributed by atoms with Gasteiger partial charge in [0.25, 0.3) is 0 Å². The number of fused-ring (bicyclic) bond motifs is 1. The number of nitrogens with one attached hydrogen (secondary N) is 1. The van der Waals surface area contributed by atoms with Gasteiger partial charge in [-0.1, -0.05) is 36.4 Å². The van der Waals surface area contributed by atoms with Gasteiger partial charge in [-0.25, -0.2) is 0 Å². The zero-order chi connectivity index (χ0) is 21.8. The monoisotopic (exact) mass is 412 g/mol. The van der Waals surface area contributed by atoms with Gasteiger partial charge in [0.2, 0.25) is 5.91 Å². The number of nitrogens with zero attached hydrogens (tertiary/aromatic N) is 3. The van der Waals surface area contributed by atoms with E-state index in [9.17, 15) is 9.59 Å². The number of carbonyl (C=O) groups is 1. The molecule has 4 aromatic rings. The standard InChI is InChI=1S/C25H24N4O2/c1-28(2)25(31)14-13-19-15-22-21(17-26-19)23(30)16-24(27-18-9-5-3-6-10-18)29(22)20-11-7-4-8-12-20/h3-12,15-17,27H,13-14H2,1-2H3. The van der Waals surface area contributed by atoms with Crippen LogP contribution in [0.1, 0.15) is 12.1 Å². The Morgan fingerprint density at radius 1 is 1.00 bits per heavy atom. The van der Waals surface area contributed by atoms with Crippen LogP contribution in [0.25, 0.3) is 16.6 Å². The van der Waals surface area contributed by atoms with Crippen LogP contribution in [0.4, 0.5) is 11.5 Å². The van der Waals surface area contributed by atoms with Crippen molar-refractivity contribution in [3.63, 3.8) is 0 Å². The smallest absolute Gasteiger partial charge is 0.222 e. The first kappa shape index (κ1) is 20.3. The second kappa shape index (κ2) is 8.83. The molecular weight excluding hydrogens is 388 g/mol. The Balaban J connectivity index is 1.86. The number of rotatable bonds is 6. The van der Waals surface area contributed by atoms with Crippen LogP contribution in [-0.4, -0.2) is 34.5 Å². The fourth-order valence-corrected chi connectivity index (χ4v) is 3.47. The van der Waals surface area contributed by atoms with Gasteiger partial charge in [-0.15, -0.1) is 0 Å². The molecule has 0 aliphatic heterocycles. The van der Waals surface area contributed by atoms with E-state index in [0.717, 1.165) is 22.6 Å². The lowest BCUT2D eigenvalue weighted by Gasteiger charge is -2.19. The average Bonchev–Trinajstić information content (AvgIpc) is 2.78. The molecule has 0 radical (unpaired) electrons. The van der Waals surface area contributed by atoms with Crippen molar-refractivity contribution < 1.29 is 4.79 Å². The summed E-state index contributed by atoms with van der Waals surface area (Å²) >= 11 is 0. The lowest BCUT2D eigenvalue weighted by Crippen LogP contribution is -2.22. The molecule has 0 spiro atoms. The Morgan fingerprint density at radius 2 is 1.68 bits per heavy atom. The number of benzene rings is 2. The highest BCUT2D eigenvalue weighted by molar-refractivity contribution is 5.84. The molecule has 31 heavy (non-hydrogen) atoms. The van der Waals surface area contributed by atoms with Crippen molar-refractivity contribution in [2.75, 3.05) is 19.4 Å². The first-order chi connectivity index (χ1) is 15.0. The average molecular weight is 412 g/mol. The molecule has 2 aromatic carbocycles. The first-order valence-corrected chi connectivity index (χ1v) is 10.2. The fraction of sp³-hybridized carbons (Fsp3) is 0.160. The van der Waals surface area contributed by atoms with Crippen LogP contribution in [0.15, 0.2) is 83.8 Å². The van der Waals surface area contributed by atoms with Crippen molar-refractivity contribution in [1.29, 1.82) is 0 Å². The molecule has 0 aliphatic carbocycles. The van der Waals surface area contributed by atoms with Crippen molar-refractivity contribution in [3.8, 4) is 5.69 Å². The summed E-state index contributed by atoms with van der Waals surface area (Å²) in [6.07, 6.45) is 2.48. The molecule has 6 nitrogen and oxygen atoms in total. The highest BCUT2D eigenvalue weighted by atomic mass is 16.2. The number of carbonyl (C=O) groups excluding carboxylic acids is 1. The third-order valence-electron chi connectivity index (χ3n) is 5.11. The maximum absolute atomic E-state index is 12.9. The summed E-state index contributed by atoms with van der Waals surface area (Å²) in [6, 6.07) is 23.1. The maximum Gasteiger partial charge on any atom is 0.222 e. The van der Waals surface area contributed by atoms with Crippen molar-refractivity contribution in [2.45, 2.75) is 12.8 Å². The van der Waals surface area contributed by atoms with Crippen molar-refractivity contribution in [1.82, 2.24) is 14.5 Å². The number of amides is 1. The second-order valence-electron chi connectivity index (χ2n) is 7.54. The molecule has 0 atom stereocenters. The number of hydrogen-bond acceptors (Lipinski definition) is 4. The molecular formula is C25H24N4O2. The summed E-state index contributed by atoms with van der Waals surface area (Å²) in [5, 5.41) is 3.90. The third-order valence-corrected chi connectivity index (χ3v) is 5.11. The molecule has 0 aliphatic rings. The maximum atomic E-state index is 12.9. The lowest BCUT2D eigenvalue weighted by atomic mass is 10.1. The number of para-hydroxylation sites is 2. The number of aryl methyl sites for hydroxylation is 1. The van der Waals surface area contributed by atoms with E-state index in [1.807, 2.05) is 71.3 Å². The molecule has 1 N–H and O–H groups in total. The molecule has 2 heterocycles. The van der Waals surface area contributed by atoms with Crippen LogP contribution in [0, 0.1) is 0 Å². The zero-order valence-electron chi connectivity index (χ0n) is 17.6. The Kier molecular flexibility index (Phi) is 5.80. The molecule has 6 heteroatoms. The number of aromatic nitrogens is 2. The molecule has 0 bridgehead atoms. The Hall–Kier alpha value is -3.93. The second-order valence-corrected chi connectivity index (χ2v) is 7.54. The minimum Gasteiger partial charge on any atom is -0.349 e. The normalized spacial score (nSPS) is 10.8. The van der Waals surface area contributed by atoms with E-state index in [2.05, 4.69) is 10.3 Å². The summed E-state index contributed by atoms with van der Waals surface area (Å²) in [4.78, 5) is 30.9. The minimum atomic E-state index is -0.107. The summed E-state index contributed by atoms with van der Waals surface area (Å²) in [7, 11) is 3.48. The van der Waals surface area contributed by atoms with Gasteiger partial charge >= 0.3 is 0 Å². The van der Waals surface area contributed by atoms with Crippen molar-refractivity contribution in [2.24, 2.45) is 0 Å². The number of anilines is 2. The predicted molar refractivity (Wildman–Crippen MR) is 124 cm³/mol. The molecule has 0 saturated carbocycles. The summed E-state index contributed by atoms with van der Waals surface area (Å²) in [6.45, 7) is 0. The molecule has 1 amide bonds. The molecule has 156 valence electrons. The molecule has 0 saturated heterocycles. The van der Waals surface area contributed by atoms with Crippen molar-refractivity contribution in [3.05, 3.63) is 94.9 Å². The highest BCUT2D eigenvalue weighted by Gasteiger charge is 2.14. The van der Waals surface area contributed by atoms with E-state index in [4.69, 9.17) is 0 Å². The van der Waals surface area contributed by atoms with Gasteiger partial charge in [0.1, 0.15) is 5.82 Å². The van der Waals surface area contributed by atoms with E-state index in [1.165, 1.54) is 0 Å². The van der Waals surface area contributed by atoms with Crippen LogP contribution in [0.5, 0.6) is 0 Å². The van der Waals surface area contributed by atoms with E-state index < -0.39 is 0 Å². The number of hydrogen-bond donors (Lipinski definition) is 1. The largest absolute Gasteiger partial charge is 0.349 e. The SMILES string of the molecule is CN(C)C(=O)CCc1cc2c(cn1)c(=O)cc(Nc1ccccc1)n2-c1ccccc1. The highest BCUT2D eigenvalue weighted by Crippen LogP contribution is 2.25. The third kappa shape index (κ3) is 4.48. The van der Waals surface area contributed by atoms with Crippen LogP contribution in [-0.2, 0) is 11.2 Å². The van der Waals surface area contributed by atoms with Crippen LogP contribution in [0.2, 0.25) is 0 Å². The Bertz CT molecular complexity index is 1270. The van der Waals surface area contributed by atoms with Gasteiger partial charge < -0.3 is 10.2 Å². The first-order valence-electron chi connectivity index (χ1n) is 10.2. The topological polar surface area (TPSA) is 67.2 Å². The fourth-order valence-electron chi connectivity index (χ4n) is 3.47. The summed E-state index contributed by atoms with van der Waals surface area (Å²) in [5.41, 5.74) is 3.22. The predicted octanol–water partition coefficient (Wildman–Crippen LogP) is 4.15. The van der Waals surface area contributed by atoms with E-state index in [1.54, 1.807) is 31.3 Å². The van der Waals surface area contributed by atoms with Gasteiger partial charge in [0.15, 0.2) is 5.43 Å². The van der Waals surface area contributed by atoms with Crippen LogP contribution in [0.3, 0.4) is 0 Å². The molecule has 2 aromatic heterocycles. The quantitative estimate of drug-likeness (QED) is 0.517. The van der Waals surface area contributed by atoms with Gasteiger partial charge in [-0.2, -0.15) is 0 Å². The summed E-state index contributed by atoms with van der Waals surface area (Å²) in [5.74, 6) is 0.707. The Labute approximate surface area is 180 Å². The molecule has 0 unspecified atom stereocenters. The van der Waals surface area contributed by atoms with Gasteiger partial charge in [0, 0.05) is 49.8 Å². The molecule has 0 fully saturated rings. The van der Waals surface area contributed by atoms with E-state index >= 15 is 0 Å². The number of pyridine rings is 2. The van der Waals surface area contributed by atoms with Gasteiger partial charge in [0.05, 0.1) is 10.9 Å². The van der Waals surface area contributed by atoms with E-state index in [-0.39, 0.29) is 11.3 Å². The van der Waals surface area contributed by atoms with Gasteiger partial charge in [-0.05, 0) is 36.8 Å². The zero-order valence-corrected chi connectivity index (χ0v) is 17.6. The summed E-state index contributed by atoms with van der Waals surface area (Å²) < 4.78 is 2.02. The lowest BCUT2D eigenvalue weighted by molar-refractivity contribution is -0.128. The van der Waals surface area contributed by atoms with Crippen molar-refractivity contribution >= 4 is 28.3 Å². The molecule has 4 rings (SSSR count). The Morgan fingerprint density at radius 3 is 2.35 bits per heavy atom. The van der Waals surface area contributed by atoms with Gasteiger partial charge in [-0.3, -0.25) is 19.1 Å².